The molecule has 0 aliphatic rings. The van der Waals surface area contributed by atoms with Crippen molar-refractivity contribution in [3.8, 4) is 0 Å². The maximum atomic E-state index is 11.5. The largest absolute Gasteiger partial charge is 0.475 e. The fourth-order valence-electron chi connectivity index (χ4n) is 1.50. The Hall–Kier alpha value is -1.82. The van der Waals surface area contributed by atoms with Crippen molar-refractivity contribution >= 4 is 11.9 Å². The van der Waals surface area contributed by atoms with Gasteiger partial charge in [-0.1, -0.05) is 0 Å². The smallest absolute Gasteiger partial charge is 0.371 e. The van der Waals surface area contributed by atoms with Crippen LogP contribution in [0.25, 0.3) is 0 Å². The Bertz CT molecular complexity index is 451. The van der Waals surface area contributed by atoms with E-state index in [1.165, 1.54) is 11.0 Å². The third-order valence-electron chi connectivity index (χ3n) is 2.58. The van der Waals surface area contributed by atoms with Crippen molar-refractivity contribution in [3.63, 3.8) is 0 Å². The number of carboxylic acid groups (broad SMARTS) is 1. The first-order chi connectivity index (χ1) is 8.31. The monoisotopic (exact) mass is 254 g/mol. The fourth-order valence-corrected chi connectivity index (χ4v) is 1.50. The minimum atomic E-state index is -1.09. The molecule has 100 valence electrons. The van der Waals surface area contributed by atoms with Gasteiger partial charge < -0.3 is 14.4 Å². The van der Waals surface area contributed by atoms with Gasteiger partial charge in [0.2, 0.25) is 11.7 Å². The van der Waals surface area contributed by atoms with E-state index in [0.29, 0.717) is 12.3 Å². The molecule has 0 aliphatic heterocycles. The highest BCUT2D eigenvalue weighted by Crippen LogP contribution is 2.16. The van der Waals surface area contributed by atoms with Crippen molar-refractivity contribution in [2.24, 2.45) is 0 Å². The fraction of sp³-hybridized carbons (Fsp3) is 0.500. The molecule has 0 radical (unpaired) electrons. The van der Waals surface area contributed by atoms with Crippen LogP contribution >= 0.6 is 0 Å². The summed E-state index contributed by atoms with van der Waals surface area (Å²) in [4.78, 5) is 25.6. The number of hydrogen-bond donors (Lipinski definition) is 1. The zero-order chi connectivity index (χ0) is 13.9. The average molecular weight is 254 g/mol. The van der Waals surface area contributed by atoms with Gasteiger partial charge in [-0.3, -0.25) is 9.69 Å². The molecule has 1 heterocycles. The highest BCUT2D eigenvalue weighted by Gasteiger charge is 2.15. The van der Waals surface area contributed by atoms with Crippen molar-refractivity contribution < 1.29 is 19.1 Å². The summed E-state index contributed by atoms with van der Waals surface area (Å²) < 4.78 is 5.11. The summed E-state index contributed by atoms with van der Waals surface area (Å²) in [5.41, 5.74) is 0.779. The van der Waals surface area contributed by atoms with Gasteiger partial charge >= 0.3 is 5.97 Å². The van der Waals surface area contributed by atoms with Crippen LogP contribution in [0.3, 0.4) is 0 Å². The van der Waals surface area contributed by atoms with E-state index in [2.05, 4.69) is 0 Å². The van der Waals surface area contributed by atoms with E-state index in [1.54, 1.807) is 28.1 Å². The Morgan fingerprint density at radius 1 is 1.33 bits per heavy atom. The lowest BCUT2D eigenvalue weighted by Gasteiger charge is -2.18. The third-order valence-corrected chi connectivity index (χ3v) is 2.58. The van der Waals surface area contributed by atoms with E-state index in [1.807, 2.05) is 4.90 Å². The van der Waals surface area contributed by atoms with Crippen LogP contribution in [0.5, 0.6) is 0 Å². The Balaban J connectivity index is 2.67. The van der Waals surface area contributed by atoms with Crippen LogP contribution in [0, 0.1) is 6.92 Å². The molecule has 0 atom stereocenters. The Morgan fingerprint density at radius 2 is 1.94 bits per heavy atom. The molecular weight excluding hydrogens is 236 g/mol. The molecule has 1 aromatic rings. The van der Waals surface area contributed by atoms with E-state index in [0.717, 1.165) is 5.56 Å². The summed E-state index contributed by atoms with van der Waals surface area (Å²) in [6.07, 6.45) is 0. The quantitative estimate of drug-likeness (QED) is 0.841. The number of hydrogen-bond acceptors (Lipinski definition) is 4. The molecule has 1 rings (SSSR count). The van der Waals surface area contributed by atoms with E-state index < -0.39 is 5.97 Å². The minimum absolute atomic E-state index is 0.00268. The normalized spacial score (nSPS) is 10.7. The summed E-state index contributed by atoms with van der Waals surface area (Å²) in [6.45, 7) is 2.46. The highest BCUT2D eigenvalue weighted by atomic mass is 16.4. The maximum absolute atomic E-state index is 11.5. The number of nitrogens with zero attached hydrogens (tertiary/aromatic N) is 2. The number of carbonyl (C=O) groups is 2. The number of rotatable bonds is 5. The van der Waals surface area contributed by atoms with Gasteiger partial charge in [-0.2, -0.15) is 0 Å². The molecule has 0 saturated heterocycles. The molecule has 6 heteroatoms. The summed E-state index contributed by atoms with van der Waals surface area (Å²) in [7, 11) is 5.19. The predicted octanol–water partition coefficient (Wildman–Crippen LogP) is 0.806. The number of amides is 1. The van der Waals surface area contributed by atoms with Crippen molar-refractivity contribution in [1.82, 2.24) is 9.80 Å². The molecule has 0 spiro atoms. The molecule has 6 nitrogen and oxygen atoms in total. The van der Waals surface area contributed by atoms with E-state index in [9.17, 15) is 9.59 Å². The lowest BCUT2D eigenvalue weighted by molar-refractivity contribution is -0.129. The van der Waals surface area contributed by atoms with Crippen molar-refractivity contribution in [3.05, 3.63) is 23.2 Å². The summed E-state index contributed by atoms with van der Waals surface area (Å²) in [6, 6.07) is 1.49. The Labute approximate surface area is 106 Å². The molecule has 1 N–H and O–H groups in total. The number of aryl methyl sites for hydroxylation is 1. The van der Waals surface area contributed by atoms with Gasteiger partial charge in [0.1, 0.15) is 5.76 Å². The molecule has 0 aliphatic carbocycles. The number of likely N-dealkylation sites (N-methyl/N-ethyl adjacent to an activating group) is 2. The second-order valence-corrected chi connectivity index (χ2v) is 4.46. The molecule has 0 unspecified atom stereocenters. The molecular formula is C12H18N2O4. The molecule has 0 bridgehead atoms. The SMILES string of the molecule is Cc1oc(C(=O)O)cc1CN(C)CC(=O)N(C)C. The number of carboxylic acids is 1. The maximum Gasteiger partial charge on any atom is 0.371 e. The third kappa shape index (κ3) is 3.59. The zero-order valence-electron chi connectivity index (χ0n) is 11.1. The lowest BCUT2D eigenvalue weighted by atomic mass is 10.2. The standard InChI is InChI=1S/C12H18N2O4/c1-8-9(5-10(18-8)12(16)17)6-14(4)7-11(15)13(2)3/h5H,6-7H2,1-4H3,(H,16,17). The van der Waals surface area contributed by atoms with Crippen LogP contribution in [0.15, 0.2) is 10.5 Å². The van der Waals surface area contributed by atoms with Crippen LogP contribution in [0.1, 0.15) is 21.9 Å². The van der Waals surface area contributed by atoms with Crippen LogP contribution in [-0.4, -0.2) is 54.5 Å². The molecule has 0 aromatic carbocycles. The second kappa shape index (κ2) is 5.68. The van der Waals surface area contributed by atoms with Crippen molar-refractivity contribution in [2.75, 3.05) is 27.7 Å². The van der Waals surface area contributed by atoms with Gasteiger partial charge in [0.15, 0.2) is 0 Å². The molecule has 1 aromatic heterocycles. The summed E-state index contributed by atoms with van der Waals surface area (Å²) in [5.74, 6) is -0.597. The van der Waals surface area contributed by atoms with Crippen LogP contribution in [0.4, 0.5) is 0 Å². The second-order valence-electron chi connectivity index (χ2n) is 4.46. The summed E-state index contributed by atoms with van der Waals surface area (Å²) >= 11 is 0. The molecule has 0 saturated carbocycles. The first kappa shape index (κ1) is 14.2. The van der Waals surface area contributed by atoms with Gasteiger partial charge in [0.25, 0.3) is 0 Å². The molecule has 0 fully saturated rings. The van der Waals surface area contributed by atoms with Gasteiger partial charge in [0.05, 0.1) is 6.54 Å². The summed E-state index contributed by atoms with van der Waals surface area (Å²) in [5, 5.41) is 8.81. The Kier molecular flexibility index (Phi) is 4.49. The first-order valence-electron chi connectivity index (χ1n) is 5.52. The van der Waals surface area contributed by atoms with Crippen LogP contribution in [-0.2, 0) is 11.3 Å². The average Bonchev–Trinajstić information content (AvgIpc) is 2.60. The topological polar surface area (TPSA) is 74.0 Å². The highest BCUT2D eigenvalue weighted by molar-refractivity contribution is 5.84. The molecule has 18 heavy (non-hydrogen) atoms. The van der Waals surface area contributed by atoms with Crippen LogP contribution in [0.2, 0.25) is 0 Å². The minimum Gasteiger partial charge on any atom is -0.475 e. The van der Waals surface area contributed by atoms with Crippen LogP contribution < -0.4 is 0 Å². The van der Waals surface area contributed by atoms with Crippen molar-refractivity contribution in [1.29, 1.82) is 0 Å². The zero-order valence-corrected chi connectivity index (χ0v) is 11.1. The number of carbonyl (C=O) groups excluding carboxylic acids is 1. The van der Waals surface area contributed by atoms with E-state index in [-0.39, 0.29) is 18.2 Å². The van der Waals surface area contributed by atoms with Gasteiger partial charge in [-0.25, -0.2) is 4.79 Å². The number of aromatic carboxylic acids is 1. The first-order valence-corrected chi connectivity index (χ1v) is 5.52. The van der Waals surface area contributed by atoms with Gasteiger partial charge in [-0.15, -0.1) is 0 Å². The van der Waals surface area contributed by atoms with Gasteiger partial charge in [-0.05, 0) is 20.0 Å². The van der Waals surface area contributed by atoms with E-state index >= 15 is 0 Å². The number of furan rings is 1. The van der Waals surface area contributed by atoms with Crippen molar-refractivity contribution in [2.45, 2.75) is 13.5 Å². The molecule has 1 amide bonds. The lowest BCUT2D eigenvalue weighted by Crippen LogP contribution is -2.34. The Morgan fingerprint density at radius 3 is 2.39 bits per heavy atom. The predicted molar refractivity (Wildman–Crippen MR) is 65.4 cm³/mol. The van der Waals surface area contributed by atoms with Gasteiger partial charge in [0, 0.05) is 26.2 Å². The van der Waals surface area contributed by atoms with E-state index in [4.69, 9.17) is 9.52 Å².